The Morgan fingerprint density at radius 2 is 1.75 bits per heavy atom. The number of benzene rings is 2. The second kappa shape index (κ2) is 6.58. The number of hydrogen-bond acceptors (Lipinski definition) is 2. The van der Waals surface area contributed by atoms with E-state index in [2.05, 4.69) is 5.32 Å². The molecule has 1 atom stereocenters. The Morgan fingerprint density at radius 3 is 2.46 bits per heavy atom. The van der Waals surface area contributed by atoms with E-state index < -0.39 is 17.9 Å². The summed E-state index contributed by atoms with van der Waals surface area (Å²) in [7, 11) is 0. The van der Waals surface area contributed by atoms with Crippen molar-refractivity contribution in [3.8, 4) is 0 Å². The minimum atomic E-state index is -1.06. The average molecular weight is 322 g/mol. The van der Waals surface area contributed by atoms with Gasteiger partial charge in [-0.05, 0) is 24.6 Å². The average Bonchev–Trinajstić information content (AvgIpc) is 2.94. The molecule has 2 N–H and O–H groups in total. The van der Waals surface area contributed by atoms with Gasteiger partial charge in [0.1, 0.15) is 11.7 Å². The summed E-state index contributed by atoms with van der Waals surface area (Å²) in [6.45, 7) is 1.99. The van der Waals surface area contributed by atoms with Gasteiger partial charge < -0.3 is 15.0 Å². The molecule has 0 aliphatic heterocycles. The summed E-state index contributed by atoms with van der Waals surface area (Å²) in [4.78, 5) is 23.5. The third-order valence-corrected chi connectivity index (χ3v) is 3.94. The van der Waals surface area contributed by atoms with Crippen LogP contribution in [0.25, 0.3) is 10.9 Å². The van der Waals surface area contributed by atoms with Gasteiger partial charge in [-0.1, -0.05) is 48.5 Å². The van der Waals surface area contributed by atoms with E-state index in [4.69, 9.17) is 5.11 Å². The summed E-state index contributed by atoms with van der Waals surface area (Å²) in [5.41, 5.74) is 2.46. The zero-order valence-corrected chi connectivity index (χ0v) is 13.3. The van der Waals surface area contributed by atoms with Crippen molar-refractivity contribution in [2.24, 2.45) is 0 Å². The highest BCUT2D eigenvalue weighted by molar-refractivity contribution is 6.00. The van der Waals surface area contributed by atoms with Crippen molar-refractivity contribution in [3.05, 3.63) is 71.9 Å². The third-order valence-electron chi connectivity index (χ3n) is 3.94. The largest absolute Gasteiger partial charge is 0.480 e. The number of nitrogens with zero attached hydrogens (tertiary/aromatic N) is 1. The van der Waals surface area contributed by atoms with Crippen molar-refractivity contribution in [1.29, 1.82) is 0 Å². The van der Waals surface area contributed by atoms with Gasteiger partial charge >= 0.3 is 5.97 Å². The lowest BCUT2D eigenvalue weighted by Gasteiger charge is -2.13. The Labute approximate surface area is 139 Å². The molecule has 0 radical (unpaired) electrons. The number of aromatic nitrogens is 1. The van der Waals surface area contributed by atoms with Gasteiger partial charge in [-0.25, -0.2) is 0 Å². The summed E-state index contributed by atoms with van der Waals surface area (Å²) in [5.74, 6) is -1.45. The van der Waals surface area contributed by atoms with Crippen LogP contribution in [0.15, 0.2) is 60.7 Å². The molecule has 0 spiro atoms. The maximum absolute atomic E-state index is 12.5. The van der Waals surface area contributed by atoms with Gasteiger partial charge in [0.05, 0.1) is 0 Å². The van der Waals surface area contributed by atoms with E-state index in [1.807, 2.05) is 59.2 Å². The van der Waals surface area contributed by atoms with Gasteiger partial charge in [0, 0.05) is 17.4 Å². The van der Waals surface area contributed by atoms with E-state index in [0.29, 0.717) is 12.2 Å². The molecule has 0 saturated heterocycles. The summed E-state index contributed by atoms with van der Waals surface area (Å²) in [6.07, 6.45) is 0. The van der Waals surface area contributed by atoms with Crippen LogP contribution >= 0.6 is 0 Å². The number of fused-ring (bicyclic) bond motifs is 1. The van der Waals surface area contributed by atoms with Crippen LogP contribution in [0, 0.1) is 0 Å². The number of carboxylic acid groups (broad SMARTS) is 1. The molecule has 122 valence electrons. The van der Waals surface area contributed by atoms with Crippen molar-refractivity contribution < 1.29 is 14.7 Å². The molecule has 3 aromatic rings. The van der Waals surface area contributed by atoms with Gasteiger partial charge in [-0.15, -0.1) is 0 Å². The van der Waals surface area contributed by atoms with Crippen LogP contribution in [-0.4, -0.2) is 27.6 Å². The molecule has 0 saturated carbocycles. The Hall–Kier alpha value is -3.08. The number of nitrogens with one attached hydrogen (secondary N) is 1. The monoisotopic (exact) mass is 322 g/mol. The molecule has 5 heteroatoms. The number of aliphatic carboxylic acids is 1. The number of para-hydroxylation sites is 1. The first kappa shape index (κ1) is 15.8. The summed E-state index contributed by atoms with van der Waals surface area (Å²) >= 11 is 0. The molecule has 24 heavy (non-hydrogen) atoms. The van der Waals surface area contributed by atoms with Crippen molar-refractivity contribution >= 4 is 22.8 Å². The zero-order valence-electron chi connectivity index (χ0n) is 13.3. The molecular weight excluding hydrogens is 304 g/mol. The van der Waals surface area contributed by atoms with Gasteiger partial charge in [0.2, 0.25) is 0 Å². The number of carbonyl (C=O) groups excluding carboxylic acids is 1. The highest BCUT2D eigenvalue weighted by Gasteiger charge is 2.20. The second-order valence-electron chi connectivity index (χ2n) is 5.69. The van der Waals surface area contributed by atoms with E-state index in [-0.39, 0.29) is 0 Å². The molecule has 1 aromatic heterocycles. The van der Waals surface area contributed by atoms with Crippen molar-refractivity contribution in [2.75, 3.05) is 0 Å². The fourth-order valence-electron chi connectivity index (χ4n) is 2.67. The van der Waals surface area contributed by atoms with Crippen LogP contribution in [0.4, 0.5) is 0 Å². The fourth-order valence-corrected chi connectivity index (χ4v) is 2.67. The highest BCUT2D eigenvalue weighted by atomic mass is 16.4. The fraction of sp³-hybridized carbons (Fsp3) is 0.158. The summed E-state index contributed by atoms with van der Waals surface area (Å²) in [6, 6.07) is 18.4. The third kappa shape index (κ3) is 3.15. The van der Waals surface area contributed by atoms with Crippen molar-refractivity contribution in [2.45, 2.75) is 19.5 Å². The predicted octanol–water partition coefficient (Wildman–Crippen LogP) is 2.89. The van der Waals surface area contributed by atoms with E-state index in [9.17, 15) is 9.59 Å². The molecule has 0 unspecified atom stereocenters. The Morgan fingerprint density at radius 1 is 1.08 bits per heavy atom. The van der Waals surface area contributed by atoms with Crippen LogP contribution in [0.2, 0.25) is 0 Å². The second-order valence-corrected chi connectivity index (χ2v) is 5.69. The first-order valence-corrected chi connectivity index (χ1v) is 7.72. The summed E-state index contributed by atoms with van der Waals surface area (Å²) in [5, 5.41) is 12.5. The molecule has 3 rings (SSSR count). The molecule has 1 heterocycles. The smallest absolute Gasteiger partial charge is 0.325 e. The quantitative estimate of drug-likeness (QED) is 0.759. The van der Waals surface area contributed by atoms with Crippen LogP contribution < -0.4 is 5.32 Å². The Kier molecular flexibility index (Phi) is 4.33. The van der Waals surface area contributed by atoms with Crippen molar-refractivity contribution in [3.63, 3.8) is 0 Å². The highest BCUT2D eigenvalue weighted by Crippen LogP contribution is 2.21. The number of hydrogen-bond donors (Lipinski definition) is 2. The SMILES string of the molecule is C[C@@H](NC(=O)c1cc2ccccc2n1Cc1ccccc1)C(=O)O. The molecule has 2 aromatic carbocycles. The molecule has 0 bridgehead atoms. The van der Waals surface area contributed by atoms with E-state index >= 15 is 0 Å². The van der Waals surface area contributed by atoms with E-state index in [0.717, 1.165) is 16.5 Å². The minimum Gasteiger partial charge on any atom is -0.480 e. The number of rotatable bonds is 5. The molecular formula is C19H18N2O3. The topological polar surface area (TPSA) is 71.3 Å². The number of carboxylic acids is 1. The van der Waals surface area contributed by atoms with Crippen LogP contribution in [-0.2, 0) is 11.3 Å². The molecule has 0 aliphatic carbocycles. The van der Waals surface area contributed by atoms with E-state index in [1.165, 1.54) is 6.92 Å². The van der Waals surface area contributed by atoms with Crippen molar-refractivity contribution in [1.82, 2.24) is 9.88 Å². The molecule has 0 fully saturated rings. The number of amides is 1. The van der Waals surface area contributed by atoms with Crippen LogP contribution in [0.5, 0.6) is 0 Å². The molecule has 1 amide bonds. The van der Waals surface area contributed by atoms with Gasteiger partial charge in [0.15, 0.2) is 0 Å². The predicted molar refractivity (Wildman–Crippen MR) is 92.0 cm³/mol. The number of carbonyl (C=O) groups is 2. The lowest BCUT2D eigenvalue weighted by Crippen LogP contribution is -2.39. The van der Waals surface area contributed by atoms with Crippen LogP contribution in [0.3, 0.4) is 0 Å². The molecule has 0 aliphatic rings. The standard InChI is InChI=1S/C19H18N2O3/c1-13(19(23)24)20-18(22)17-11-15-9-5-6-10-16(15)21(17)12-14-7-3-2-4-8-14/h2-11,13H,12H2,1H3,(H,20,22)(H,23,24)/t13-/m1/s1. The zero-order chi connectivity index (χ0) is 17.1. The normalized spacial score (nSPS) is 12.0. The van der Waals surface area contributed by atoms with Crippen LogP contribution in [0.1, 0.15) is 23.0 Å². The van der Waals surface area contributed by atoms with Gasteiger partial charge in [0.25, 0.3) is 5.91 Å². The maximum Gasteiger partial charge on any atom is 0.325 e. The first-order chi connectivity index (χ1) is 11.6. The van der Waals surface area contributed by atoms with Gasteiger partial charge in [-0.2, -0.15) is 0 Å². The lowest BCUT2D eigenvalue weighted by atomic mass is 10.2. The maximum atomic E-state index is 12.5. The van der Waals surface area contributed by atoms with Gasteiger partial charge in [-0.3, -0.25) is 9.59 Å². The molecule has 5 nitrogen and oxygen atoms in total. The Bertz CT molecular complexity index is 884. The first-order valence-electron chi connectivity index (χ1n) is 7.72. The summed E-state index contributed by atoms with van der Waals surface area (Å²) < 4.78 is 1.91. The Balaban J connectivity index is 2.02. The minimum absolute atomic E-state index is 0.392. The lowest BCUT2D eigenvalue weighted by molar-refractivity contribution is -0.138. The van der Waals surface area contributed by atoms with E-state index in [1.54, 1.807) is 6.07 Å².